The SMILES string of the molecule is Cc1cc(C)c(C)c(-c2c3ccc(C4CCC(F)(F)C4)cc3cc(C)[n+]2C)c1. The minimum absolute atomic E-state index is 0.00545. The number of benzene rings is 2. The van der Waals surface area contributed by atoms with Crippen molar-refractivity contribution in [2.45, 2.75) is 58.8 Å². The molecule has 0 spiro atoms. The van der Waals surface area contributed by atoms with Crippen molar-refractivity contribution in [3.8, 4) is 11.3 Å². The fourth-order valence-electron chi connectivity index (χ4n) is 4.70. The Labute approximate surface area is 166 Å². The lowest BCUT2D eigenvalue weighted by molar-refractivity contribution is -0.665. The summed E-state index contributed by atoms with van der Waals surface area (Å²) in [6.07, 6.45) is 0.549. The number of halogens is 2. The first-order valence-electron chi connectivity index (χ1n) is 10.1. The van der Waals surface area contributed by atoms with Gasteiger partial charge in [0.25, 0.3) is 0 Å². The van der Waals surface area contributed by atoms with Crippen molar-refractivity contribution in [1.82, 2.24) is 0 Å². The number of aromatic nitrogens is 1. The lowest BCUT2D eigenvalue weighted by Gasteiger charge is -2.15. The van der Waals surface area contributed by atoms with Crippen LogP contribution in [0.5, 0.6) is 0 Å². The number of pyridine rings is 1. The lowest BCUT2D eigenvalue weighted by Crippen LogP contribution is -2.35. The number of hydrogen-bond acceptors (Lipinski definition) is 0. The monoisotopic (exact) mass is 380 g/mol. The van der Waals surface area contributed by atoms with Gasteiger partial charge in [0.2, 0.25) is 11.6 Å². The minimum atomic E-state index is -2.51. The molecule has 3 heteroatoms. The van der Waals surface area contributed by atoms with E-state index in [1.165, 1.54) is 33.3 Å². The minimum Gasteiger partial charge on any atom is -0.207 e. The van der Waals surface area contributed by atoms with Gasteiger partial charge in [-0.05, 0) is 67.3 Å². The summed E-state index contributed by atoms with van der Waals surface area (Å²) in [6.45, 7) is 8.57. The zero-order chi connectivity index (χ0) is 20.2. The van der Waals surface area contributed by atoms with E-state index in [4.69, 9.17) is 0 Å². The predicted molar refractivity (Wildman–Crippen MR) is 111 cm³/mol. The first-order chi connectivity index (χ1) is 13.2. The quantitative estimate of drug-likeness (QED) is 0.449. The molecule has 0 N–H and O–H groups in total. The van der Waals surface area contributed by atoms with Gasteiger partial charge in [-0.1, -0.05) is 23.8 Å². The molecule has 1 aromatic heterocycles. The fraction of sp³-hybridized carbons (Fsp3) is 0.400. The van der Waals surface area contributed by atoms with Gasteiger partial charge in [0.1, 0.15) is 7.05 Å². The highest BCUT2D eigenvalue weighted by Gasteiger charge is 2.40. The summed E-state index contributed by atoms with van der Waals surface area (Å²) in [6, 6.07) is 13.0. The Hall–Kier alpha value is -2.29. The highest BCUT2D eigenvalue weighted by atomic mass is 19.3. The van der Waals surface area contributed by atoms with E-state index in [9.17, 15) is 8.78 Å². The van der Waals surface area contributed by atoms with E-state index >= 15 is 0 Å². The molecular formula is C25H28F2N+. The Morgan fingerprint density at radius 1 is 1.00 bits per heavy atom. The van der Waals surface area contributed by atoms with E-state index in [1.54, 1.807) is 0 Å². The average molecular weight is 381 g/mol. The molecule has 0 saturated heterocycles. The Balaban J connectivity index is 1.92. The van der Waals surface area contributed by atoms with E-state index < -0.39 is 5.92 Å². The zero-order valence-electron chi connectivity index (χ0n) is 17.4. The lowest BCUT2D eigenvalue weighted by atomic mass is 9.91. The summed E-state index contributed by atoms with van der Waals surface area (Å²) in [5.74, 6) is -2.56. The molecule has 1 unspecified atom stereocenters. The molecule has 0 bridgehead atoms. The van der Waals surface area contributed by atoms with Crippen LogP contribution in [0, 0.1) is 27.7 Å². The zero-order valence-corrected chi connectivity index (χ0v) is 17.4. The van der Waals surface area contributed by atoms with Gasteiger partial charge in [-0.25, -0.2) is 8.78 Å². The molecule has 0 amide bonds. The first kappa shape index (κ1) is 19.0. The van der Waals surface area contributed by atoms with Gasteiger partial charge >= 0.3 is 0 Å². The maximum atomic E-state index is 13.7. The third-order valence-corrected chi connectivity index (χ3v) is 6.50. The second-order valence-electron chi connectivity index (χ2n) is 8.59. The molecule has 0 radical (unpaired) electrons. The third-order valence-electron chi connectivity index (χ3n) is 6.50. The molecule has 0 aliphatic heterocycles. The van der Waals surface area contributed by atoms with Gasteiger partial charge < -0.3 is 0 Å². The number of rotatable bonds is 2. The van der Waals surface area contributed by atoms with Crippen molar-refractivity contribution >= 4 is 10.8 Å². The van der Waals surface area contributed by atoms with E-state index in [2.05, 4.69) is 75.7 Å². The van der Waals surface area contributed by atoms with Gasteiger partial charge in [0, 0.05) is 25.8 Å². The molecule has 1 atom stereocenters. The molecule has 2 aromatic carbocycles. The van der Waals surface area contributed by atoms with Gasteiger partial charge in [0.05, 0.1) is 10.9 Å². The largest absolute Gasteiger partial charge is 0.248 e. The van der Waals surface area contributed by atoms with Crippen LogP contribution < -0.4 is 4.57 Å². The molecule has 1 heterocycles. The van der Waals surface area contributed by atoms with Crippen molar-refractivity contribution in [2.24, 2.45) is 7.05 Å². The van der Waals surface area contributed by atoms with Crippen LogP contribution in [0.3, 0.4) is 0 Å². The first-order valence-corrected chi connectivity index (χ1v) is 10.1. The Kier molecular flexibility index (Phi) is 4.52. The molecule has 1 fully saturated rings. The Morgan fingerprint density at radius 3 is 2.43 bits per heavy atom. The Bertz CT molecular complexity index is 1080. The normalized spacial score (nSPS) is 18.8. The summed E-state index contributed by atoms with van der Waals surface area (Å²) in [4.78, 5) is 0. The maximum Gasteiger partial charge on any atom is 0.248 e. The predicted octanol–water partition coefficient (Wildman–Crippen LogP) is 6.47. The van der Waals surface area contributed by atoms with Crippen molar-refractivity contribution in [2.75, 3.05) is 0 Å². The van der Waals surface area contributed by atoms with Crippen molar-refractivity contribution in [3.05, 3.63) is 64.3 Å². The second-order valence-corrected chi connectivity index (χ2v) is 8.59. The molecule has 1 aliphatic rings. The molecular weight excluding hydrogens is 352 g/mol. The molecule has 28 heavy (non-hydrogen) atoms. The number of alkyl halides is 2. The van der Waals surface area contributed by atoms with Crippen LogP contribution in [0.4, 0.5) is 8.78 Å². The number of hydrogen-bond donors (Lipinski definition) is 0. The fourth-order valence-corrected chi connectivity index (χ4v) is 4.70. The highest BCUT2D eigenvalue weighted by molar-refractivity contribution is 5.94. The van der Waals surface area contributed by atoms with Crippen LogP contribution in [-0.2, 0) is 7.05 Å². The van der Waals surface area contributed by atoms with Crippen LogP contribution >= 0.6 is 0 Å². The van der Waals surface area contributed by atoms with E-state index in [1.807, 2.05) is 0 Å². The van der Waals surface area contributed by atoms with Crippen LogP contribution in [0.2, 0.25) is 0 Å². The van der Waals surface area contributed by atoms with Gasteiger partial charge in [-0.15, -0.1) is 0 Å². The van der Waals surface area contributed by atoms with E-state index in [0.29, 0.717) is 6.42 Å². The van der Waals surface area contributed by atoms with Crippen molar-refractivity contribution in [3.63, 3.8) is 0 Å². The van der Waals surface area contributed by atoms with Gasteiger partial charge in [-0.3, -0.25) is 0 Å². The molecule has 4 rings (SSSR count). The Morgan fingerprint density at radius 2 is 1.75 bits per heavy atom. The molecule has 3 aromatic rings. The van der Waals surface area contributed by atoms with Crippen LogP contribution in [0.15, 0.2) is 36.4 Å². The average Bonchev–Trinajstić information content (AvgIpc) is 2.99. The second kappa shape index (κ2) is 6.65. The van der Waals surface area contributed by atoms with Crippen LogP contribution in [0.25, 0.3) is 22.0 Å². The van der Waals surface area contributed by atoms with E-state index in [0.717, 1.165) is 16.6 Å². The number of aryl methyl sites for hydroxylation is 3. The van der Waals surface area contributed by atoms with Crippen LogP contribution in [0.1, 0.15) is 53.1 Å². The summed E-state index contributed by atoms with van der Waals surface area (Å²) < 4.78 is 29.7. The summed E-state index contributed by atoms with van der Waals surface area (Å²) in [5, 5.41) is 2.31. The summed E-state index contributed by atoms with van der Waals surface area (Å²) >= 11 is 0. The highest BCUT2D eigenvalue weighted by Crippen LogP contribution is 2.45. The van der Waals surface area contributed by atoms with Gasteiger partial charge in [-0.2, -0.15) is 4.57 Å². The summed E-state index contributed by atoms with van der Waals surface area (Å²) in [7, 11) is 2.10. The smallest absolute Gasteiger partial charge is 0.207 e. The number of nitrogens with zero attached hydrogens (tertiary/aromatic N) is 1. The molecule has 1 aliphatic carbocycles. The van der Waals surface area contributed by atoms with Gasteiger partial charge in [0.15, 0.2) is 5.69 Å². The topological polar surface area (TPSA) is 3.88 Å². The molecule has 1 saturated carbocycles. The summed E-state index contributed by atoms with van der Waals surface area (Å²) in [5.41, 5.74) is 8.46. The van der Waals surface area contributed by atoms with Crippen molar-refractivity contribution in [1.29, 1.82) is 0 Å². The van der Waals surface area contributed by atoms with Crippen molar-refractivity contribution < 1.29 is 13.3 Å². The number of fused-ring (bicyclic) bond motifs is 1. The molecule has 146 valence electrons. The third kappa shape index (κ3) is 3.21. The standard InChI is InChI=1S/C25H28F2N/c1-15-10-16(2)18(4)23(11-15)24-22-7-6-19(20-8-9-25(26,27)14-20)13-21(22)12-17(3)28(24)5/h6-7,10-13,20H,8-9,14H2,1-5H3/q+1. The maximum absolute atomic E-state index is 13.7. The van der Waals surface area contributed by atoms with Crippen LogP contribution in [-0.4, -0.2) is 5.92 Å². The molecule has 1 nitrogen and oxygen atoms in total. The van der Waals surface area contributed by atoms with E-state index in [-0.39, 0.29) is 18.8 Å².